The van der Waals surface area contributed by atoms with Gasteiger partial charge in [0, 0.05) is 17.3 Å². The lowest BCUT2D eigenvalue weighted by atomic mass is 9.98. The van der Waals surface area contributed by atoms with Gasteiger partial charge in [0.25, 0.3) is 0 Å². The van der Waals surface area contributed by atoms with E-state index in [-0.39, 0.29) is 0 Å². The van der Waals surface area contributed by atoms with Crippen molar-refractivity contribution in [1.29, 1.82) is 0 Å². The molecule has 0 bridgehead atoms. The van der Waals surface area contributed by atoms with Crippen LogP contribution in [0.25, 0.3) is 22.3 Å². The van der Waals surface area contributed by atoms with E-state index in [9.17, 15) is 0 Å². The van der Waals surface area contributed by atoms with Gasteiger partial charge in [-0.1, -0.05) is 60.7 Å². The number of rotatable bonds is 2. The first kappa shape index (κ1) is 11.5. The summed E-state index contributed by atoms with van der Waals surface area (Å²) in [4.78, 5) is 0. The maximum Gasteiger partial charge on any atom is 0.0406 e. The molecule has 2 N–H and O–H groups in total. The normalized spacial score (nSPS) is 10.3. The first-order valence-electron chi connectivity index (χ1n) is 6.19. The third-order valence-electron chi connectivity index (χ3n) is 3.04. The van der Waals surface area contributed by atoms with Gasteiger partial charge in [0.2, 0.25) is 0 Å². The molecule has 3 aromatic rings. The summed E-state index contributed by atoms with van der Waals surface area (Å²) in [7, 11) is 0. The second-order valence-corrected chi connectivity index (χ2v) is 4.35. The van der Waals surface area contributed by atoms with E-state index in [1.54, 1.807) is 0 Å². The molecule has 1 heteroatoms. The van der Waals surface area contributed by atoms with Crippen molar-refractivity contribution < 1.29 is 0 Å². The van der Waals surface area contributed by atoms with Gasteiger partial charge in [0.15, 0.2) is 0 Å². The Morgan fingerprint density at radius 3 is 1.95 bits per heavy atom. The van der Waals surface area contributed by atoms with Gasteiger partial charge in [-0.2, -0.15) is 0 Å². The van der Waals surface area contributed by atoms with Crippen LogP contribution < -0.4 is 5.73 Å². The lowest BCUT2D eigenvalue weighted by Crippen LogP contribution is -1.91. The Bertz CT molecular complexity index is 673. The van der Waals surface area contributed by atoms with Crippen molar-refractivity contribution in [1.82, 2.24) is 0 Å². The van der Waals surface area contributed by atoms with Crippen molar-refractivity contribution >= 4 is 5.69 Å². The van der Waals surface area contributed by atoms with E-state index >= 15 is 0 Å². The number of nitrogens with two attached hydrogens (primary N) is 1. The van der Waals surface area contributed by atoms with E-state index in [4.69, 9.17) is 5.73 Å². The summed E-state index contributed by atoms with van der Waals surface area (Å²) >= 11 is 0. The summed E-state index contributed by atoms with van der Waals surface area (Å²) in [6.07, 6.45) is 0. The third-order valence-corrected chi connectivity index (χ3v) is 3.04. The van der Waals surface area contributed by atoms with Crippen molar-refractivity contribution in [3.05, 3.63) is 78.9 Å². The smallest absolute Gasteiger partial charge is 0.0406 e. The van der Waals surface area contributed by atoms with Crippen LogP contribution in [-0.4, -0.2) is 0 Å². The molecule has 3 aromatic carbocycles. The van der Waals surface area contributed by atoms with Crippen LogP contribution in [0.1, 0.15) is 0 Å². The van der Waals surface area contributed by atoms with E-state index in [1.807, 2.05) is 66.7 Å². The van der Waals surface area contributed by atoms with Crippen molar-refractivity contribution in [3.8, 4) is 22.3 Å². The van der Waals surface area contributed by atoms with Gasteiger partial charge in [-0.05, 0) is 28.8 Å². The SMILES string of the molecule is Nc1c[c]c(-c2ccccc2)[c]c1-c1ccccc1. The van der Waals surface area contributed by atoms with E-state index in [0.717, 1.165) is 22.3 Å². The van der Waals surface area contributed by atoms with Crippen LogP contribution in [0.2, 0.25) is 0 Å². The molecule has 0 aliphatic carbocycles. The Morgan fingerprint density at radius 1 is 0.737 bits per heavy atom. The first-order chi connectivity index (χ1) is 9.34. The summed E-state index contributed by atoms with van der Waals surface area (Å²) < 4.78 is 0. The van der Waals surface area contributed by atoms with Gasteiger partial charge in [0.1, 0.15) is 0 Å². The molecule has 90 valence electrons. The molecule has 2 radical (unpaired) electrons. The highest BCUT2D eigenvalue weighted by Crippen LogP contribution is 2.29. The second kappa shape index (κ2) is 4.99. The van der Waals surface area contributed by atoms with Gasteiger partial charge >= 0.3 is 0 Å². The molecule has 0 amide bonds. The van der Waals surface area contributed by atoms with Crippen molar-refractivity contribution in [2.75, 3.05) is 5.73 Å². The van der Waals surface area contributed by atoms with Gasteiger partial charge in [-0.3, -0.25) is 0 Å². The highest BCUT2D eigenvalue weighted by atomic mass is 14.6. The quantitative estimate of drug-likeness (QED) is 0.670. The molecule has 0 aliphatic rings. The first-order valence-corrected chi connectivity index (χ1v) is 6.19. The summed E-state index contributed by atoms with van der Waals surface area (Å²) in [5, 5.41) is 0. The fraction of sp³-hybridized carbons (Fsp3) is 0. The molecule has 0 saturated heterocycles. The Balaban J connectivity index is 2.12. The summed E-state index contributed by atoms with van der Waals surface area (Å²) in [6, 6.07) is 28.6. The van der Waals surface area contributed by atoms with Crippen LogP contribution in [0, 0.1) is 12.1 Å². The fourth-order valence-corrected chi connectivity index (χ4v) is 2.06. The van der Waals surface area contributed by atoms with Gasteiger partial charge in [-0.15, -0.1) is 0 Å². The standard InChI is InChI=1S/C18H13N/c19-18-12-11-16(14-7-3-1-4-8-14)13-17(18)15-9-5-2-6-10-15/h1-10,12H,19H2. The minimum absolute atomic E-state index is 0.700. The Labute approximate surface area is 113 Å². The lowest BCUT2D eigenvalue weighted by molar-refractivity contribution is 1.56. The molecule has 3 rings (SSSR count). The van der Waals surface area contributed by atoms with E-state index in [2.05, 4.69) is 12.1 Å². The van der Waals surface area contributed by atoms with Gasteiger partial charge in [0.05, 0.1) is 0 Å². The van der Waals surface area contributed by atoms with Crippen molar-refractivity contribution in [3.63, 3.8) is 0 Å². The van der Waals surface area contributed by atoms with Crippen LogP contribution in [0.4, 0.5) is 5.69 Å². The Kier molecular flexibility index (Phi) is 3.03. The van der Waals surface area contributed by atoms with Crippen LogP contribution in [-0.2, 0) is 0 Å². The van der Waals surface area contributed by atoms with Crippen LogP contribution in [0.15, 0.2) is 66.7 Å². The molecule has 19 heavy (non-hydrogen) atoms. The summed E-state index contributed by atoms with van der Waals surface area (Å²) in [6.45, 7) is 0. The lowest BCUT2D eigenvalue weighted by Gasteiger charge is -2.08. The minimum atomic E-state index is 0.700. The molecule has 0 aliphatic heterocycles. The molecule has 0 spiro atoms. The minimum Gasteiger partial charge on any atom is -0.398 e. The predicted molar refractivity (Wildman–Crippen MR) is 79.4 cm³/mol. The predicted octanol–water partition coefficient (Wildman–Crippen LogP) is 4.20. The molecule has 0 atom stereocenters. The van der Waals surface area contributed by atoms with E-state index in [1.165, 1.54) is 0 Å². The zero-order valence-corrected chi connectivity index (χ0v) is 10.4. The summed E-state index contributed by atoms with van der Waals surface area (Å²) in [5.74, 6) is 0. The molecular weight excluding hydrogens is 230 g/mol. The average Bonchev–Trinajstić information content (AvgIpc) is 2.49. The largest absolute Gasteiger partial charge is 0.398 e. The topological polar surface area (TPSA) is 26.0 Å². The number of hydrogen-bond acceptors (Lipinski definition) is 1. The Hall–Kier alpha value is -2.54. The number of nitrogen functional groups attached to an aromatic ring is 1. The number of anilines is 1. The van der Waals surface area contributed by atoms with Crippen LogP contribution >= 0.6 is 0 Å². The average molecular weight is 243 g/mol. The number of hydrogen-bond donors (Lipinski definition) is 1. The second-order valence-electron chi connectivity index (χ2n) is 4.35. The molecule has 0 fully saturated rings. The molecule has 0 aromatic heterocycles. The Morgan fingerprint density at radius 2 is 1.32 bits per heavy atom. The molecule has 1 nitrogen and oxygen atoms in total. The summed E-state index contributed by atoms with van der Waals surface area (Å²) in [5.41, 5.74) is 10.8. The molecule has 0 unspecified atom stereocenters. The van der Waals surface area contributed by atoms with E-state index in [0.29, 0.717) is 5.69 Å². The molecule has 0 saturated carbocycles. The maximum absolute atomic E-state index is 6.04. The van der Waals surface area contributed by atoms with Gasteiger partial charge < -0.3 is 5.73 Å². The van der Waals surface area contributed by atoms with Crippen LogP contribution in [0.5, 0.6) is 0 Å². The maximum atomic E-state index is 6.04. The van der Waals surface area contributed by atoms with E-state index < -0.39 is 0 Å². The monoisotopic (exact) mass is 243 g/mol. The highest BCUT2D eigenvalue weighted by Gasteiger charge is 2.06. The highest BCUT2D eigenvalue weighted by molar-refractivity contribution is 5.80. The fourth-order valence-electron chi connectivity index (χ4n) is 2.06. The van der Waals surface area contributed by atoms with Crippen LogP contribution in [0.3, 0.4) is 0 Å². The van der Waals surface area contributed by atoms with Crippen molar-refractivity contribution in [2.24, 2.45) is 0 Å². The van der Waals surface area contributed by atoms with Crippen molar-refractivity contribution in [2.45, 2.75) is 0 Å². The number of benzene rings is 3. The molecular formula is C18H13N. The zero-order valence-electron chi connectivity index (χ0n) is 10.4. The third kappa shape index (κ3) is 2.36. The van der Waals surface area contributed by atoms with Gasteiger partial charge in [-0.25, -0.2) is 0 Å². The molecule has 0 heterocycles. The zero-order chi connectivity index (χ0) is 13.1.